The van der Waals surface area contributed by atoms with Gasteiger partial charge in [-0.05, 0) is 33.6 Å². The van der Waals surface area contributed by atoms with E-state index in [1.807, 2.05) is 0 Å². The highest BCUT2D eigenvalue weighted by atomic mass is 32.2. The smallest absolute Gasteiger partial charge is 0.212 e. The maximum absolute atomic E-state index is 12.1. The standard InChI is InChI=1S/C10H18N2O3S/c1-10(2,3)16(14,15)12-6-4-9(5-7-12)11-8-13/h9H,4-7H2,1-3H3. The molecule has 6 heteroatoms. The first-order valence-electron chi connectivity index (χ1n) is 5.35. The van der Waals surface area contributed by atoms with E-state index in [2.05, 4.69) is 4.99 Å². The highest BCUT2D eigenvalue weighted by Crippen LogP contribution is 2.24. The minimum Gasteiger partial charge on any atom is -0.212 e. The van der Waals surface area contributed by atoms with E-state index in [4.69, 9.17) is 0 Å². The Hall–Kier alpha value is -0.710. The van der Waals surface area contributed by atoms with Crippen molar-refractivity contribution in [2.75, 3.05) is 13.1 Å². The fourth-order valence-electron chi connectivity index (χ4n) is 1.67. The van der Waals surface area contributed by atoms with Crippen LogP contribution in [0.1, 0.15) is 33.6 Å². The first-order chi connectivity index (χ1) is 7.29. The van der Waals surface area contributed by atoms with E-state index in [1.165, 1.54) is 10.4 Å². The van der Waals surface area contributed by atoms with E-state index in [0.29, 0.717) is 25.9 Å². The summed E-state index contributed by atoms with van der Waals surface area (Å²) in [5.74, 6) is 0. The molecule has 1 heterocycles. The molecule has 1 rings (SSSR count). The zero-order valence-electron chi connectivity index (χ0n) is 9.93. The average molecular weight is 246 g/mol. The molecule has 0 aromatic carbocycles. The van der Waals surface area contributed by atoms with Gasteiger partial charge in [0.25, 0.3) is 0 Å². The molecule has 0 bridgehead atoms. The molecule has 0 amide bonds. The number of carbonyl (C=O) groups excluding carboxylic acids is 1. The molecule has 1 aliphatic heterocycles. The molecule has 0 aliphatic carbocycles. The number of isocyanates is 1. The molecule has 0 aromatic rings. The molecular weight excluding hydrogens is 228 g/mol. The molecule has 16 heavy (non-hydrogen) atoms. The van der Waals surface area contributed by atoms with Crippen LogP contribution in [-0.2, 0) is 14.8 Å². The van der Waals surface area contributed by atoms with Crippen LogP contribution in [-0.4, -0.2) is 42.7 Å². The average Bonchev–Trinajstić information content (AvgIpc) is 2.17. The summed E-state index contributed by atoms with van der Waals surface area (Å²) >= 11 is 0. The molecule has 0 radical (unpaired) electrons. The number of sulfonamides is 1. The van der Waals surface area contributed by atoms with Gasteiger partial charge in [-0.15, -0.1) is 0 Å². The molecule has 0 saturated carbocycles. The molecule has 0 aromatic heterocycles. The summed E-state index contributed by atoms with van der Waals surface area (Å²) in [4.78, 5) is 13.7. The maximum atomic E-state index is 12.1. The van der Waals surface area contributed by atoms with E-state index < -0.39 is 14.8 Å². The van der Waals surface area contributed by atoms with Gasteiger partial charge in [0.05, 0.1) is 10.8 Å². The van der Waals surface area contributed by atoms with Crippen molar-refractivity contribution < 1.29 is 13.2 Å². The van der Waals surface area contributed by atoms with Crippen molar-refractivity contribution in [2.45, 2.75) is 44.4 Å². The van der Waals surface area contributed by atoms with E-state index in [1.54, 1.807) is 20.8 Å². The number of piperidine rings is 1. The molecular formula is C10H18N2O3S. The minimum absolute atomic E-state index is 0.0658. The predicted octanol–water partition coefficient (Wildman–Crippen LogP) is 0.915. The first kappa shape index (κ1) is 13.4. The Morgan fingerprint density at radius 1 is 1.25 bits per heavy atom. The van der Waals surface area contributed by atoms with Crippen molar-refractivity contribution in [3.05, 3.63) is 0 Å². The minimum atomic E-state index is -3.24. The second-order valence-corrected chi connectivity index (χ2v) is 7.66. The second kappa shape index (κ2) is 4.65. The Morgan fingerprint density at radius 3 is 2.12 bits per heavy atom. The fraction of sp³-hybridized carbons (Fsp3) is 0.900. The number of aliphatic imine (C=N–C) groups is 1. The lowest BCUT2D eigenvalue weighted by atomic mass is 10.1. The second-order valence-electron chi connectivity index (χ2n) is 4.97. The number of nitrogens with zero attached hydrogens (tertiary/aromatic N) is 2. The largest absolute Gasteiger partial charge is 0.235 e. The van der Waals surface area contributed by atoms with Crippen molar-refractivity contribution >= 4 is 16.1 Å². The van der Waals surface area contributed by atoms with Gasteiger partial charge in [0, 0.05) is 13.1 Å². The third kappa shape index (κ3) is 2.70. The monoisotopic (exact) mass is 246 g/mol. The van der Waals surface area contributed by atoms with Crippen molar-refractivity contribution in [3.8, 4) is 0 Å². The molecule has 1 aliphatic rings. The SMILES string of the molecule is CC(C)(C)S(=O)(=O)N1CCC(N=C=O)CC1. The summed E-state index contributed by atoms with van der Waals surface area (Å²) in [7, 11) is -3.24. The van der Waals surface area contributed by atoms with Gasteiger partial charge in [0.1, 0.15) is 0 Å². The van der Waals surface area contributed by atoms with Crippen LogP contribution < -0.4 is 0 Å². The number of rotatable bonds is 2. The van der Waals surface area contributed by atoms with Gasteiger partial charge in [-0.3, -0.25) is 0 Å². The summed E-state index contributed by atoms with van der Waals surface area (Å²) in [6, 6.07) is -0.0658. The van der Waals surface area contributed by atoms with Gasteiger partial charge < -0.3 is 0 Å². The molecule has 92 valence electrons. The summed E-state index contributed by atoms with van der Waals surface area (Å²) in [5.41, 5.74) is 0. The quantitative estimate of drug-likeness (QED) is 0.537. The number of hydrogen-bond donors (Lipinski definition) is 0. The third-order valence-corrected chi connectivity index (χ3v) is 5.37. The van der Waals surface area contributed by atoms with Crippen LogP contribution in [0, 0.1) is 0 Å². The van der Waals surface area contributed by atoms with Crippen molar-refractivity contribution in [3.63, 3.8) is 0 Å². The van der Waals surface area contributed by atoms with Crippen molar-refractivity contribution in [1.82, 2.24) is 4.31 Å². The zero-order valence-corrected chi connectivity index (χ0v) is 10.7. The van der Waals surface area contributed by atoms with Crippen LogP contribution in [0.5, 0.6) is 0 Å². The predicted molar refractivity (Wildman–Crippen MR) is 61.4 cm³/mol. The van der Waals surface area contributed by atoms with Crippen LogP contribution in [0.2, 0.25) is 0 Å². The number of hydrogen-bond acceptors (Lipinski definition) is 4. The summed E-state index contributed by atoms with van der Waals surface area (Å²) in [6.07, 6.45) is 2.73. The fourth-order valence-corrected chi connectivity index (χ4v) is 3.14. The topological polar surface area (TPSA) is 66.8 Å². The normalized spacial score (nSPS) is 20.4. The van der Waals surface area contributed by atoms with Gasteiger partial charge in [-0.1, -0.05) is 0 Å². The Balaban J connectivity index is 2.71. The third-order valence-electron chi connectivity index (χ3n) is 2.77. The van der Waals surface area contributed by atoms with E-state index in [-0.39, 0.29) is 6.04 Å². The van der Waals surface area contributed by atoms with Gasteiger partial charge in [-0.25, -0.2) is 22.5 Å². The summed E-state index contributed by atoms with van der Waals surface area (Å²) in [5, 5.41) is 0. The van der Waals surface area contributed by atoms with Gasteiger partial charge in [0.2, 0.25) is 16.1 Å². The van der Waals surface area contributed by atoms with E-state index in [9.17, 15) is 13.2 Å². The van der Waals surface area contributed by atoms with Crippen LogP contribution >= 0.6 is 0 Å². The lowest BCUT2D eigenvalue weighted by molar-refractivity contribution is 0.313. The first-order valence-corrected chi connectivity index (χ1v) is 6.79. The molecule has 0 N–H and O–H groups in total. The van der Waals surface area contributed by atoms with Gasteiger partial charge in [-0.2, -0.15) is 0 Å². The van der Waals surface area contributed by atoms with Crippen molar-refractivity contribution in [1.29, 1.82) is 0 Å². The lowest BCUT2D eigenvalue weighted by Crippen LogP contribution is -2.47. The van der Waals surface area contributed by atoms with Crippen LogP contribution in [0.4, 0.5) is 0 Å². The van der Waals surface area contributed by atoms with Crippen molar-refractivity contribution in [2.24, 2.45) is 4.99 Å². The van der Waals surface area contributed by atoms with Crippen LogP contribution in [0.3, 0.4) is 0 Å². The Kier molecular flexibility index (Phi) is 3.88. The molecule has 0 spiro atoms. The summed E-state index contributed by atoms with van der Waals surface area (Å²) < 4.78 is 24.9. The molecule has 0 atom stereocenters. The summed E-state index contributed by atoms with van der Waals surface area (Å²) in [6.45, 7) is 5.96. The highest BCUT2D eigenvalue weighted by molar-refractivity contribution is 7.90. The van der Waals surface area contributed by atoms with E-state index >= 15 is 0 Å². The maximum Gasteiger partial charge on any atom is 0.235 e. The Morgan fingerprint density at radius 2 is 1.75 bits per heavy atom. The lowest BCUT2D eigenvalue weighted by Gasteiger charge is -2.33. The molecule has 1 saturated heterocycles. The van der Waals surface area contributed by atoms with Crippen LogP contribution in [0.15, 0.2) is 4.99 Å². The zero-order chi connectivity index (χ0) is 12.4. The highest BCUT2D eigenvalue weighted by Gasteiger charge is 2.37. The van der Waals surface area contributed by atoms with E-state index in [0.717, 1.165) is 0 Å². The molecule has 5 nitrogen and oxygen atoms in total. The Bertz CT molecular complexity index is 383. The molecule has 1 fully saturated rings. The van der Waals surface area contributed by atoms with Crippen LogP contribution in [0.25, 0.3) is 0 Å². The Labute approximate surface area is 96.6 Å². The van der Waals surface area contributed by atoms with Gasteiger partial charge >= 0.3 is 0 Å². The molecule has 0 unspecified atom stereocenters. The van der Waals surface area contributed by atoms with Gasteiger partial charge in [0.15, 0.2) is 0 Å².